The summed E-state index contributed by atoms with van der Waals surface area (Å²) < 4.78 is 0. The zero-order valence-electron chi connectivity index (χ0n) is 6.04. The van der Waals surface area contributed by atoms with Gasteiger partial charge in [0.25, 0.3) is 0 Å². The number of benzene rings is 1. The van der Waals surface area contributed by atoms with E-state index < -0.39 is 5.03 Å². The molecule has 0 saturated carbocycles. The second-order valence-electron chi connectivity index (χ2n) is 2.33. The average molecular weight is 163 g/mol. The lowest BCUT2D eigenvalue weighted by molar-refractivity contribution is -0.548. The van der Waals surface area contributed by atoms with Crippen LogP contribution >= 0.6 is 0 Å². The van der Waals surface area contributed by atoms with Crippen molar-refractivity contribution in [3.63, 3.8) is 0 Å². The van der Waals surface area contributed by atoms with Gasteiger partial charge in [0.2, 0.25) is 0 Å². The molecule has 0 saturated heterocycles. The summed E-state index contributed by atoms with van der Waals surface area (Å²) in [4.78, 5) is 11.1. The molecule has 0 unspecified atom stereocenters. The van der Waals surface area contributed by atoms with Crippen LogP contribution in [-0.4, -0.2) is 14.9 Å². The normalized spacial score (nSPS) is 10.3. The maximum atomic E-state index is 10.4. The van der Waals surface area contributed by atoms with E-state index in [1.165, 1.54) is 6.20 Å². The molecule has 5 nitrogen and oxygen atoms in total. The third kappa shape index (κ3) is 0.833. The number of rotatable bonds is 1. The van der Waals surface area contributed by atoms with E-state index in [1.807, 2.05) is 6.07 Å². The molecular formula is C7H5N3O2. The third-order valence-electron chi connectivity index (χ3n) is 1.61. The molecule has 0 aliphatic rings. The number of nitro groups is 1. The van der Waals surface area contributed by atoms with Crippen molar-refractivity contribution in [3.8, 4) is 0 Å². The van der Waals surface area contributed by atoms with Gasteiger partial charge >= 0.3 is 0 Å². The molecule has 0 fully saturated rings. The zero-order chi connectivity index (χ0) is 8.55. The van der Waals surface area contributed by atoms with E-state index in [2.05, 4.69) is 5.10 Å². The fourth-order valence-corrected chi connectivity index (χ4v) is 1.09. The Balaban J connectivity index is 2.79. The molecule has 2 aromatic rings. The van der Waals surface area contributed by atoms with Crippen molar-refractivity contribution in [3.05, 3.63) is 40.6 Å². The van der Waals surface area contributed by atoms with Crippen molar-refractivity contribution in [2.45, 2.75) is 0 Å². The van der Waals surface area contributed by atoms with E-state index in [1.54, 1.807) is 18.2 Å². The second kappa shape index (κ2) is 2.30. The largest absolute Gasteiger partial charge is 0.339 e. The molecule has 0 aliphatic heterocycles. The first kappa shape index (κ1) is 6.78. The van der Waals surface area contributed by atoms with E-state index >= 15 is 0 Å². The molecule has 0 atom stereocenters. The van der Waals surface area contributed by atoms with Crippen LogP contribution in [0.25, 0.3) is 10.9 Å². The second-order valence-corrected chi connectivity index (χ2v) is 2.33. The summed E-state index contributed by atoms with van der Waals surface area (Å²) in [5, 5.41) is 14.2. The summed E-state index contributed by atoms with van der Waals surface area (Å²) in [7, 11) is 0. The summed E-state index contributed by atoms with van der Waals surface area (Å²) in [6.07, 6.45) is 1.47. The predicted octanol–water partition coefficient (Wildman–Crippen LogP) is 1.08. The minimum absolute atomic E-state index is 0.516. The molecule has 0 amide bonds. The first-order chi connectivity index (χ1) is 5.79. The first-order valence-electron chi connectivity index (χ1n) is 3.36. The lowest BCUT2D eigenvalue weighted by atomic mass is 10.3. The molecule has 1 aromatic carbocycles. The van der Waals surface area contributed by atoms with E-state index in [4.69, 9.17) is 0 Å². The van der Waals surface area contributed by atoms with Gasteiger partial charge in [-0.25, -0.2) is 0 Å². The minimum Gasteiger partial charge on any atom is -0.339 e. The van der Waals surface area contributed by atoms with Crippen LogP contribution in [0.5, 0.6) is 0 Å². The van der Waals surface area contributed by atoms with E-state index in [0.29, 0.717) is 5.52 Å². The predicted molar refractivity (Wildman–Crippen MR) is 42.1 cm³/mol. The molecule has 60 valence electrons. The fraction of sp³-hybridized carbons (Fsp3) is 0. The third-order valence-corrected chi connectivity index (χ3v) is 1.61. The number of hydrogen-bond donors (Lipinski definition) is 0. The maximum Gasteiger partial charge on any atom is 0.175 e. The van der Waals surface area contributed by atoms with E-state index in [-0.39, 0.29) is 0 Å². The van der Waals surface area contributed by atoms with Crippen molar-refractivity contribution in [2.75, 3.05) is 0 Å². The highest BCUT2D eigenvalue weighted by Crippen LogP contribution is 2.11. The van der Waals surface area contributed by atoms with Crippen molar-refractivity contribution in [1.29, 1.82) is 0 Å². The number of aromatic nitrogens is 2. The van der Waals surface area contributed by atoms with Gasteiger partial charge in [0.05, 0.1) is 10.4 Å². The highest BCUT2D eigenvalue weighted by molar-refractivity contribution is 5.77. The molecule has 1 heterocycles. The highest BCUT2D eigenvalue weighted by Gasteiger charge is 2.08. The van der Waals surface area contributed by atoms with Crippen LogP contribution < -0.4 is 0 Å². The van der Waals surface area contributed by atoms with Crippen LogP contribution in [-0.2, 0) is 0 Å². The molecule has 2 rings (SSSR count). The number of para-hydroxylation sites is 1. The minimum atomic E-state index is -0.553. The Hall–Kier alpha value is -1.91. The topological polar surface area (TPSA) is 61.0 Å². The van der Waals surface area contributed by atoms with Crippen LogP contribution in [0.2, 0.25) is 0 Å². The van der Waals surface area contributed by atoms with E-state index in [9.17, 15) is 10.1 Å². The molecular weight excluding hydrogens is 158 g/mol. The Bertz CT molecular complexity index is 435. The Kier molecular flexibility index (Phi) is 1.30. The lowest BCUT2D eigenvalue weighted by Crippen LogP contribution is -2.09. The zero-order valence-corrected chi connectivity index (χ0v) is 6.04. The molecule has 0 aliphatic carbocycles. The van der Waals surface area contributed by atoms with Crippen LogP contribution in [0.1, 0.15) is 0 Å². The van der Waals surface area contributed by atoms with Crippen molar-refractivity contribution in [2.24, 2.45) is 0 Å². The lowest BCUT2D eigenvalue weighted by Gasteiger charge is -1.91. The van der Waals surface area contributed by atoms with Gasteiger partial charge in [-0.15, -0.1) is 0 Å². The molecule has 0 bridgehead atoms. The van der Waals surface area contributed by atoms with E-state index in [0.717, 1.165) is 10.2 Å². The Morgan fingerprint density at radius 1 is 1.42 bits per heavy atom. The van der Waals surface area contributed by atoms with Crippen molar-refractivity contribution in [1.82, 2.24) is 9.89 Å². The summed E-state index contributed by atoms with van der Waals surface area (Å²) in [5.41, 5.74) is 0.516. The first-order valence-corrected chi connectivity index (χ1v) is 3.36. The number of hydrogen-bond acceptors (Lipinski definition) is 3. The molecule has 12 heavy (non-hydrogen) atoms. The molecule has 0 spiro atoms. The van der Waals surface area contributed by atoms with Crippen molar-refractivity contribution >= 4 is 10.9 Å². The monoisotopic (exact) mass is 163 g/mol. The van der Waals surface area contributed by atoms with Crippen LogP contribution in [0.3, 0.4) is 0 Å². The highest BCUT2D eigenvalue weighted by atomic mass is 16.7. The summed E-state index contributed by atoms with van der Waals surface area (Å²) in [5.74, 6) is 0. The molecule has 1 aromatic heterocycles. The maximum absolute atomic E-state index is 10.4. The Morgan fingerprint density at radius 3 is 2.92 bits per heavy atom. The smallest absolute Gasteiger partial charge is 0.175 e. The van der Waals surface area contributed by atoms with Crippen LogP contribution in [0.4, 0.5) is 0 Å². The average Bonchev–Trinajstić information content (AvgIpc) is 2.47. The Morgan fingerprint density at radius 2 is 2.17 bits per heavy atom. The van der Waals surface area contributed by atoms with Crippen molar-refractivity contribution < 1.29 is 5.03 Å². The van der Waals surface area contributed by atoms with Gasteiger partial charge in [-0.2, -0.15) is 0 Å². The molecule has 5 heteroatoms. The molecule has 0 N–H and O–H groups in total. The summed E-state index contributed by atoms with van der Waals surface area (Å²) in [6.45, 7) is 0. The quantitative estimate of drug-likeness (QED) is 0.466. The van der Waals surface area contributed by atoms with Gasteiger partial charge in [0.15, 0.2) is 6.20 Å². The van der Waals surface area contributed by atoms with Gasteiger partial charge in [-0.3, -0.25) is 0 Å². The van der Waals surface area contributed by atoms with Crippen LogP contribution in [0.15, 0.2) is 30.5 Å². The molecule has 0 radical (unpaired) electrons. The SMILES string of the molecule is O=[N+]([O-])n1ncc2ccccc21. The van der Waals surface area contributed by atoms with Gasteiger partial charge in [-0.05, 0) is 12.1 Å². The summed E-state index contributed by atoms with van der Waals surface area (Å²) >= 11 is 0. The fourth-order valence-electron chi connectivity index (χ4n) is 1.09. The van der Waals surface area contributed by atoms with Gasteiger partial charge in [0.1, 0.15) is 5.52 Å². The standard InChI is InChI=1S/C7H5N3O2/c11-10(12)9-7-4-2-1-3-6(7)5-8-9/h1-5H. The summed E-state index contributed by atoms with van der Waals surface area (Å²) in [6, 6.07) is 6.99. The van der Waals surface area contributed by atoms with Crippen LogP contribution in [0, 0.1) is 10.1 Å². The van der Waals surface area contributed by atoms with Gasteiger partial charge < -0.3 is 10.1 Å². The van der Waals surface area contributed by atoms with Gasteiger partial charge in [-0.1, -0.05) is 12.1 Å². The number of fused-ring (bicyclic) bond motifs is 1. The number of nitrogens with zero attached hydrogens (tertiary/aromatic N) is 3. The Labute approximate surface area is 67.3 Å². The van der Waals surface area contributed by atoms with Gasteiger partial charge in [0, 0.05) is 9.89 Å².